The number of aliphatic hydroxyl groups excluding tert-OH is 1. The van der Waals surface area contributed by atoms with Crippen molar-refractivity contribution in [2.45, 2.75) is 52.0 Å². The third-order valence-electron chi connectivity index (χ3n) is 2.78. The molecule has 0 aromatic carbocycles. The van der Waals surface area contributed by atoms with Crippen molar-refractivity contribution >= 4 is 5.91 Å². The molecule has 4 heteroatoms. The first-order valence-electron chi connectivity index (χ1n) is 6.07. The number of ether oxygens (including phenoxy) is 1. The van der Waals surface area contributed by atoms with Crippen molar-refractivity contribution in [3.05, 3.63) is 0 Å². The van der Waals surface area contributed by atoms with Gasteiger partial charge in [-0.2, -0.15) is 0 Å². The zero-order valence-corrected chi connectivity index (χ0v) is 10.7. The number of hydrogen-bond donors (Lipinski definition) is 2. The van der Waals surface area contributed by atoms with Gasteiger partial charge in [-0.05, 0) is 33.1 Å². The Bertz CT molecular complexity index is 197. The number of rotatable bonds is 9. The number of carbonyl (C=O) groups excluding carboxylic acids is 1. The second kappa shape index (κ2) is 8.53. The van der Waals surface area contributed by atoms with Crippen LogP contribution in [0.15, 0.2) is 0 Å². The lowest BCUT2D eigenvalue weighted by atomic mass is 9.94. The first-order valence-corrected chi connectivity index (χ1v) is 6.07. The Morgan fingerprint density at radius 2 is 2.12 bits per heavy atom. The zero-order chi connectivity index (χ0) is 12.4. The molecule has 0 spiro atoms. The lowest BCUT2D eigenvalue weighted by Gasteiger charge is -2.29. The van der Waals surface area contributed by atoms with Crippen LogP contribution in [-0.4, -0.2) is 36.4 Å². The van der Waals surface area contributed by atoms with E-state index in [1.54, 1.807) is 0 Å². The van der Waals surface area contributed by atoms with Gasteiger partial charge in [-0.15, -0.1) is 0 Å². The summed E-state index contributed by atoms with van der Waals surface area (Å²) >= 11 is 0. The summed E-state index contributed by atoms with van der Waals surface area (Å²) in [5.74, 6) is 0.0394. The third kappa shape index (κ3) is 6.80. The van der Waals surface area contributed by atoms with E-state index in [2.05, 4.69) is 5.32 Å². The van der Waals surface area contributed by atoms with Gasteiger partial charge in [-0.1, -0.05) is 6.92 Å². The van der Waals surface area contributed by atoms with Crippen molar-refractivity contribution in [1.82, 2.24) is 5.32 Å². The average molecular weight is 231 g/mol. The SMILES string of the molecule is CCOCCCC(=O)NC(C)(CC)CCO. The van der Waals surface area contributed by atoms with E-state index in [-0.39, 0.29) is 18.1 Å². The Balaban J connectivity index is 3.82. The number of aliphatic hydroxyl groups is 1. The molecule has 0 aromatic rings. The number of carbonyl (C=O) groups is 1. The van der Waals surface area contributed by atoms with E-state index in [0.29, 0.717) is 26.1 Å². The second-order valence-electron chi connectivity index (χ2n) is 4.24. The molecule has 1 unspecified atom stereocenters. The molecule has 0 radical (unpaired) electrons. The summed E-state index contributed by atoms with van der Waals surface area (Å²) in [6.07, 6.45) is 2.66. The molecule has 0 aliphatic heterocycles. The van der Waals surface area contributed by atoms with Crippen LogP contribution >= 0.6 is 0 Å². The molecule has 0 rings (SSSR count). The normalized spacial score (nSPS) is 14.5. The fourth-order valence-corrected chi connectivity index (χ4v) is 1.45. The Labute approximate surface area is 98.4 Å². The van der Waals surface area contributed by atoms with E-state index in [1.807, 2.05) is 20.8 Å². The standard InChI is InChI=1S/C12H25NO3/c1-4-12(3,8-9-14)13-11(15)7-6-10-16-5-2/h14H,4-10H2,1-3H3,(H,13,15). The van der Waals surface area contributed by atoms with Gasteiger partial charge < -0.3 is 15.2 Å². The Kier molecular flexibility index (Phi) is 8.21. The lowest BCUT2D eigenvalue weighted by molar-refractivity contribution is -0.123. The van der Waals surface area contributed by atoms with Crippen molar-refractivity contribution in [1.29, 1.82) is 0 Å². The number of nitrogens with one attached hydrogen (secondary N) is 1. The first-order chi connectivity index (χ1) is 7.58. The summed E-state index contributed by atoms with van der Waals surface area (Å²) in [7, 11) is 0. The minimum atomic E-state index is -0.280. The van der Waals surface area contributed by atoms with Crippen LogP contribution in [-0.2, 0) is 9.53 Å². The third-order valence-corrected chi connectivity index (χ3v) is 2.78. The number of amides is 1. The highest BCUT2D eigenvalue weighted by Crippen LogP contribution is 2.14. The highest BCUT2D eigenvalue weighted by atomic mass is 16.5. The van der Waals surface area contributed by atoms with E-state index in [9.17, 15) is 4.79 Å². The minimum Gasteiger partial charge on any atom is -0.396 e. The van der Waals surface area contributed by atoms with Gasteiger partial charge in [0, 0.05) is 31.8 Å². The minimum absolute atomic E-state index is 0.0394. The van der Waals surface area contributed by atoms with Gasteiger partial charge in [0.15, 0.2) is 0 Å². The summed E-state index contributed by atoms with van der Waals surface area (Å²) in [5.41, 5.74) is -0.280. The van der Waals surface area contributed by atoms with E-state index in [1.165, 1.54) is 0 Å². The van der Waals surface area contributed by atoms with Crippen LogP contribution in [0.5, 0.6) is 0 Å². The maximum Gasteiger partial charge on any atom is 0.220 e. The van der Waals surface area contributed by atoms with Gasteiger partial charge in [-0.3, -0.25) is 4.79 Å². The molecule has 0 saturated heterocycles. The molecule has 1 amide bonds. The second-order valence-corrected chi connectivity index (χ2v) is 4.24. The van der Waals surface area contributed by atoms with Crippen LogP contribution in [0.1, 0.15) is 46.5 Å². The maximum absolute atomic E-state index is 11.6. The molecule has 0 aliphatic carbocycles. The smallest absolute Gasteiger partial charge is 0.220 e. The molecule has 0 bridgehead atoms. The quantitative estimate of drug-likeness (QED) is 0.591. The van der Waals surface area contributed by atoms with Crippen LogP contribution < -0.4 is 5.32 Å². The summed E-state index contributed by atoms with van der Waals surface area (Å²) in [5, 5.41) is 11.9. The highest BCUT2D eigenvalue weighted by molar-refractivity contribution is 5.76. The monoisotopic (exact) mass is 231 g/mol. The summed E-state index contributed by atoms with van der Waals surface area (Å²) in [4.78, 5) is 11.6. The molecular weight excluding hydrogens is 206 g/mol. The fourth-order valence-electron chi connectivity index (χ4n) is 1.45. The van der Waals surface area contributed by atoms with Crippen molar-refractivity contribution in [3.63, 3.8) is 0 Å². The van der Waals surface area contributed by atoms with Gasteiger partial charge >= 0.3 is 0 Å². The molecule has 4 nitrogen and oxygen atoms in total. The largest absolute Gasteiger partial charge is 0.396 e. The van der Waals surface area contributed by atoms with Crippen LogP contribution in [0.3, 0.4) is 0 Å². The number of hydrogen-bond acceptors (Lipinski definition) is 3. The molecule has 16 heavy (non-hydrogen) atoms. The van der Waals surface area contributed by atoms with Crippen LogP contribution in [0.2, 0.25) is 0 Å². The van der Waals surface area contributed by atoms with Crippen molar-refractivity contribution in [3.8, 4) is 0 Å². The Hall–Kier alpha value is -0.610. The fraction of sp³-hybridized carbons (Fsp3) is 0.917. The average Bonchev–Trinajstić information content (AvgIpc) is 2.25. The Morgan fingerprint density at radius 1 is 1.44 bits per heavy atom. The summed E-state index contributed by atoms with van der Waals surface area (Å²) in [6, 6.07) is 0. The predicted octanol–water partition coefficient (Wildman–Crippen LogP) is 1.47. The molecule has 0 aromatic heterocycles. The maximum atomic E-state index is 11.6. The summed E-state index contributed by atoms with van der Waals surface area (Å²) in [6.45, 7) is 7.34. The topological polar surface area (TPSA) is 58.6 Å². The van der Waals surface area contributed by atoms with Gasteiger partial charge in [0.1, 0.15) is 0 Å². The Morgan fingerprint density at radius 3 is 2.62 bits per heavy atom. The van der Waals surface area contributed by atoms with E-state index >= 15 is 0 Å². The van der Waals surface area contributed by atoms with Gasteiger partial charge in [0.05, 0.1) is 0 Å². The van der Waals surface area contributed by atoms with Gasteiger partial charge in [-0.25, -0.2) is 0 Å². The summed E-state index contributed by atoms with van der Waals surface area (Å²) < 4.78 is 5.17. The van der Waals surface area contributed by atoms with E-state index in [4.69, 9.17) is 9.84 Å². The molecule has 2 N–H and O–H groups in total. The molecule has 1 atom stereocenters. The highest BCUT2D eigenvalue weighted by Gasteiger charge is 2.22. The first kappa shape index (κ1) is 15.4. The van der Waals surface area contributed by atoms with Crippen LogP contribution in [0, 0.1) is 0 Å². The van der Waals surface area contributed by atoms with Crippen LogP contribution in [0.4, 0.5) is 0 Å². The zero-order valence-electron chi connectivity index (χ0n) is 10.7. The lowest BCUT2D eigenvalue weighted by Crippen LogP contribution is -2.46. The molecule has 0 saturated carbocycles. The molecule has 0 aliphatic rings. The molecule has 96 valence electrons. The van der Waals surface area contributed by atoms with E-state index < -0.39 is 0 Å². The van der Waals surface area contributed by atoms with E-state index in [0.717, 1.165) is 12.8 Å². The molecule has 0 heterocycles. The van der Waals surface area contributed by atoms with Crippen molar-refractivity contribution < 1.29 is 14.6 Å². The van der Waals surface area contributed by atoms with Crippen LogP contribution in [0.25, 0.3) is 0 Å². The van der Waals surface area contributed by atoms with Crippen molar-refractivity contribution in [2.24, 2.45) is 0 Å². The van der Waals surface area contributed by atoms with Crippen molar-refractivity contribution in [2.75, 3.05) is 19.8 Å². The van der Waals surface area contributed by atoms with Gasteiger partial charge in [0.25, 0.3) is 0 Å². The molecular formula is C12H25NO3. The predicted molar refractivity (Wildman–Crippen MR) is 64.3 cm³/mol. The van der Waals surface area contributed by atoms with Gasteiger partial charge in [0.2, 0.25) is 5.91 Å². The molecule has 0 fully saturated rings.